The summed E-state index contributed by atoms with van der Waals surface area (Å²) in [6, 6.07) is 0. The fourth-order valence-corrected chi connectivity index (χ4v) is 1.72. The smallest absolute Gasteiger partial charge is 0.545 e. The van der Waals surface area contributed by atoms with E-state index in [1.54, 1.807) is 0 Å². The van der Waals surface area contributed by atoms with E-state index in [0.29, 0.717) is 0 Å². The summed E-state index contributed by atoms with van der Waals surface area (Å²) in [7, 11) is -8.21. The molecule has 0 saturated carbocycles. The van der Waals surface area contributed by atoms with Gasteiger partial charge in [0.15, 0.2) is 0 Å². The second kappa shape index (κ2) is 11.5. The molecule has 0 aromatic carbocycles. The zero-order chi connectivity index (χ0) is 18.1. The monoisotopic (exact) mass is 382 g/mol. The minimum atomic E-state index is -4.10. The van der Waals surface area contributed by atoms with Gasteiger partial charge in [0.25, 0.3) is 20.2 Å². The minimum Gasteiger partial charge on any atom is -0.545 e. The van der Waals surface area contributed by atoms with Crippen molar-refractivity contribution in [1.82, 2.24) is 0 Å². The van der Waals surface area contributed by atoms with E-state index in [0.717, 1.165) is 0 Å². The van der Waals surface area contributed by atoms with Crippen molar-refractivity contribution in [2.45, 2.75) is 12.8 Å². The van der Waals surface area contributed by atoms with Crippen LogP contribution in [0.25, 0.3) is 0 Å². The molecule has 13 heteroatoms. The molecule has 128 valence electrons. The summed E-state index contributed by atoms with van der Waals surface area (Å²) in [5.74, 6) is -4.29. The van der Waals surface area contributed by atoms with Gasteiger partial charge in [-0.1, -0.05) is 13.2 Å². The number of carboxylic acid groups (broad SMARTS) is 2. The van der Waals surface area contributed by atoms with Crippen LogP contribution in [0.5, 0.6) is 0 Å². The number of hydrogen-bond donors (Lipinski definition) is 2. The van der Waals surface area contributed by atoms with Gasteiger partial charge in [-0.25, -0.2) is 0 Å². The Kier molecular flexibility index (Phi) is 13.5. The van der Waals surface area contributed by atoms with Gasteiger partial charge in [-0.2, -0.15) is 16.8 Å². The number of carboxylic acids is 2. The molecule has 0 amide bonds. The Balaban J connectivity index is -0.000000333. The van der Waals surface area contributed by atoms with Gasteiger partial charge in [0, 0.05) is 0 Å². The molecule has 0 aromatic heterocycles. The number of aliphatic carboxylic acids is 2. The van der Waals surface area contributed by atoms with E-state index in [2.05, 4.69) is 13.2 Å². The van der Waals surface area contributed by atoms with Crippen LogP contribution < -0.4 is 10.2 Å². The van der Waals surface area contributed by atoms with Crippen molar-refractivity contribution in [3.8, 4) is 0 Å². The molecule has 23 heavy (non-hydrogen) atoms. The zero-order valence-electron chi connectivity index (χ0n) is 11.9. The van der Waals surface area contributed by atoms with Gasteiger partial charge in [-0.05, 0) is 24.0 Å². The van der Waals surface area contributed by atoms with Crippen molar-refractivity contribution < 1.29 is 45.7 Å². The van der Waals surface area contributed by atoms with Crippen LogP contribution >= 0.6 is 0 Å². The Labute approximate surface area is 149 Å². The fourth-order valence-electron chi connectivity index (χ4n) is 0.708. The molecular formula is C10H14MgO10S2. The van der Waals surface area contributed by atoms with Gasteiger partial charge >= 0.3 is 23.1 Å². The van der Waals surface area contributed by atoms with Crippen LogP contribution in [0, 0.1) is 0 Å². The van der Waals surface area contributed by atoms with Crippen molar-refractivity contribution in [2.75, 3.05) is 11.5 Å². The second-order valence-electron chi connectivity index (χ2n) is 3.85. The zero-order valence-corrected chi connectivity index (χ0v) is 15.0. The third kappa shape index (κ3) is 21.0. The molecule has 0 unspecified atom stereocenters. The Morgan fingerprint density at radius 2 is 1.00 bits per heavy atom. The van der Waals surface area contributed by atoms with Crippen LogP contribution in [0.3, 0.4) is 0 Å². The van der Waals surface area contributed by atoms with Crippen molar-refractivity contribution in [2.24, 2.45) is 0 Å². The molecule has 0 aliphatic rings. The topological polar surface area (TPSA) is 189 Å². The summed E-state index contributed by atoms with van der Waals surface area (Å²) in [6.07, 6.45) is -0.637. The normalized spacial score (nSPS) is 10.5. The van der Waals surface area contributed by atoms with Crippen molar-refractivity contribution >= 4 is 55.2 Å². The minimum absolute atomic E-state index is 0. The first-order valence-corrected chi connectivity index (χ1v) is 8.56. The summed E-state index contributed by atoms with van der Waals surface area (Å²) < 4.78 is 56.6. The average molecular weight is 383 g/mol. The van der Waals surface area contributed by atoms with E-state index in [1.807, 2.05) is 0 Å². The van der Waals surface area contributed by atoms with Gasteiger partial charge < -0.3 is 19.8 Å². The Morgan fingerprint density at radius 1 is 0.783 bits per heavy atom. The molecule has 2 N–H and O–H groups in total. The molecule has 0 saturated heterocycles. The van der Waals surface area contributed by atoms with Gasteiger partial charge in [0.1, 0.15) is 0 Å². The third-order valence-corrected chi connectivity index (χ3v) is 3.34. The van der Waals surface area contributed by atoms with E-state index >= 15 is 0 Å². The van der Waals surface area contributed by atoms with Crippen LogP contribution in [0.4, 0.5) is 0 Å². The molecule has 0 atom stereocenters. The number of carbonyl (C=O) groups is 2. The Hall–Kier alpha value is -0.994. The predicted octanol–water partition coefficient (Wildman–Crippen LogP) is -3.24. The van der Waals surface area contributed by atoms with Crippen LogP contribution in [-0.2, 0) is 29.8 Å². The summed E-state index contributed by atoms with van der Waals surface area (Å²) in [5, 5.41) is 19.9. The average Bonchev–Trinajstić information content (AvgIpc) is 2.31. The van der Waals surface area contributed by atoms with Crippen molar-refractivity contribution in [3.05, 3.63) is 24.3 Å². The maximum atomic E-state index is 10.1. The standard InChI is InChI=1S/2C5H8O5S.Mg/c2*1-4(5(6)7)2-3-11(8,9)10;/h2*1-3H2,(H,6,7)(H,8,9,10);/q;;+2/p-2. The molecule has 0 rings (SSSR count). The van der Waals surface area contributed by atoms with E-state index in [4.69, 9.17) is 9.11 Å². The van der Waals surface area contributed by atoms with Crippen molar-refractivity contribution in [1.29, 1.82) is 0 Å². The largest absolute Gasteiger partial charge is 2.00 e. The quantitative estimate of drug-likeness (QED) is 0.245. The summed E-state index contributed by atoms with van der Waals surface area (Å²) >= 11 is 0. The fraction of sp³-hybridized carbons (Fsp3) is 0.400. The SMILES string of the molecule is C=C(CCS(=O)(=O)O)C(=O)[O-].C=C(CCS(=O)(=O)O)C(=O)[O-].[Mg+2]. The molecule has 0 aliphatic heterocycles. The van der Waals surface area contributed by atoms with Crippen LogP contribution in [0.2, 0.25) is 0 Å². The first-order chi connectivity index (χ1) is 9.65. The Morgan fingerprint density at radius 3 is 1.13 bits per heavy atom. The molecule has 0 spiro atoms. The van der Waals surface area contributed by atoms with Gasteiger partial charge in [-0.15, -0.1) is 0 Å². The molecular weight excluding hydrogens is 369 g/mol. The molecule has 0 aliphatic carbocycles. The summed E-state index contributed by atoms with van der Waals surface area (Å²) in [4.78, 5) is 19.9. The number of carbonyl (C=O) groups excluding carboxylic acids is 2. The van der Waals surface area contributed by atoms with Crippen LogP contribution in [0.15, 0.2) is 24.3 Å². The number of rotatable bonds is 8. The van der Waals surface area contributed by atoms with E-state index < -0.39 is 43.7 Å². The molecule has 0 aromatic rings. The third-order valence-electron chi connectivity index (χ3n) is 1.90. The van der Waals surface area contributed by atoms with Gasteiger partial charge in [-0.3, -0.25) is 9.11 Å². The Bertz CT molecular complexity index is 589. The molecule has 0 heterocycles. The predicted molar refractivity (Wildman–Crippen MR) is 76.1 cm³/mol. The van der Waals surface area contributed by atoms with Crippen LogP contribution in [-0.4, -0.2) is 72.4 Å². The van der Waals surface area contributed by atoms with Gasteiger partial charge in [0.05, 0.1) is 23.4 Å². The van der Waals surface area contributed by atoms with Crippen LogP contribution in [0.1, 0.15) is 12.8 Å². The maximum absolute atomic E-state index is 10.1. The maximum Gasteiger partial charge on any atom is 2.00 e. The summed E-state index contributed by atoms with van der Waals surface area (Å²) in [6.45, 7) is 6.04. The first kappa shape index (κ1) is 26.9. The molecule has 0 bridgehead atoms. The first-order valence-electron chi connectivity index (χ1n) is 5.34. The summed E-state index contributed by atoms with van der Waals surface area (Å²) in [5.41, 5.74) is -0.690. The van der Waals surface area contributed by atoms with Crippen molar-refractivity contribution in [3.63, 3.8) is 0 Å². The molecule has 0 fully saturated rings. The molecule has 0 radical (unpaired) electrons. The van der Waals surface area contributed by atoms with Gasteiger partial charge in [0.2, 0.25) is 0 Å². The number of hydrogen-bond acceptors (Lipinski definition) is 8. The van der Waals surface area contributed by atoms with E-state index in [-0.39, 0.29) is 47.0 Å². The molecule has 10 nitrogen and oxygen atoms in total. The van der Waals surface area contributed by atoms with E-state index in [1.165, 1.54) is 0 Å². The van der Waals surface area contributed by atoms with E-state index in [9.17, 15) is 36.6 Å². The second-order valence-corrected chi connectivity index (χ2v) is 7.00.